The van der Waals surface area contributed by atoms with Crippen molar-refractivity contribution in [3.63, 3.8) is 0 Å². The summed E-state index contributed by atoms with van der Waals surface area (Å²) in [6, 6.07) is 15.0. The summed E-state index contributed by atoms with van der Waals surface area (Å²) in [4.78, 5) is 18.6. The van der Waals surface area contributed by atoms with Gasteiger partial charge in [0.05, 0.1) is 23.0 Å². The summed E-state index contributed by atoms with van der Waals surface area (Å²) in [5.41, 5.74) is 1.06. The lowest BCUT2D eigenvalue weighted by Crippen LogP contribution is -2.25. The Balaban J connectivity index is 1.71. The largest absolute Gasteiger partial charge is 0.494 e. The van der Waals surface area contributed by atoms with Crippen molar-refractivity contribution in [3.8, 4) is 5.75 Å². The Morgan fingerprint density at radius 3 is 2.79 bits per heavy atom. The summed E-state index contributed by atoms with van der Waals surface area (Å²) in [5.74, 6) is 0.00714. The number of fused-ring (bicyclic) bond motifs is 1. The average molecular weight is 426 g/mol. The monoisotopic (exact) mass is 425 g/mol. The van der Waals surface area contributed by atoms with Gasteiger partial charge in [0, 0.05) is 10.4 Å². The molecule has 8 heteroatoms. The van der Waals surface area contributed by atoms with Crippen LogP contribution in [0.25, 0.3) is 10.2 Å². The molecule has 29 heavy (non-hydrogen) atoms. The van der Waals surface area contributed by atoms with E-state index in [0.29, 0.717) is 33.3 Å². The van der Waals surface area contributed by atoms with Crippen molar-refractivity contribution in [3.05, 3.63) is 76.2 Å². The Labute approximate surface area is 174 Å². The maximum Gasteiger partial charge on any atom is 0.280 e. The van der Waals surface area contributed by atoms with Crippen molar-refractivity contribution in [2.24, 2.45) is 5.10 Å². The van der Waals surface area contributed by atoms with Crippen LogP contribution >= 0.6 is 22.7 Å². The van der Waals surface area contributed by atoms with Crippen LogP contribution in [0.3, 0.4) is 0 Å². The first-order valence-corrected chi connectivity index (χ1v) is 10.5. The fraction of sp³-hybridized carbons (Fsp3) is 0.0952. The number of rotatable bonds is 6. The Morgan fingerprint density at radius 2 is 2.07 bits per heavy atom. The van der Waals surface area contributed by atoms with Gasteiger partial charge in [-0.3, -0.25) is 4.79 Å². The summed E-state index contributed by atoms with van der Waals surface area (Å²) in [6.45, 7) is 2.45. The van der Waals surface area contributed by atoms with Crippen LogP contribution in [0, 0.1) is 5.82 Å². The predicted molar refractivity (Wildman–Crippen MR) is 116 cm³/mol. The van der Waals surface area contributed by atoms with Crippen molar-refractivity contribution in [1.29, 1.82) is 0 Å². The molecule has 4 rings (SSSR count). The minimum absolute atomic E-state index is 0.333. The molecule has 2 aromatic heterocycles. The van der Waals surface area contributed by atoms with Gasteiger partial charge in [-0.2, -0.15) is 10.1 Å². The second-order valence-corrected chi connectivity index (χ2v) is 7.93. The van der Waals surface area contributed by atoms with Crippen LogP contribution in [-0.2, 0) is 0 Å². The molecule has 0 aliphatic heterocycles. The molecule has 0 bridgehead atoms. The fourth-order valence-electron chi connectivity index (χ4n) is 2.63. The van der Waals surface area contributed by atoms with Crippen LogP contribution in [0.2, 0.25) is 0 Å². The maximum absolute atomic E-state index is 13.6. The second kappa shape index (κ2) is 8.50. The van der Waals surface area contributed by atoms with E-state index in [9.17, 15) is 9.18 Å². The number of carbonyl (C=O) groups is 1. The molecule has 0 unspecified atom stereocenters. The van der Waals surface area contributed by atoms with Crippen molar-refractivity contribution in [2.45, 2.75) is 6.92 Å². The van der Waals surface area contributed by atoms with Gasteiger partial charge in [-0.25, -0.2) is 9.37 Å². The van der Waals surface area contributed by atoms with Crippen molar-refractivity contribution >= 4 is 50.1 Å². The standard InChI is InChI=1S/C21H16FN3O2S2/c1-2-27-16-8-5-14(6-9-16)20(26)25(23-13-17-4-3-11-28-17)21-24-18-10-7-15(22)12-19(18)29-21/h3-13H,2H2,1H3/b23-13+. The smallest absolute Gasteiger partial charge is 0.280 e. The number of hydrogen-bond acceptors (Lipinski definition) is 6. The van der Waals surface area contributed by atoms with E-state index in [1.165, 1.54) is 39.8 Å². The Bertz CT molecular complexity index is 1150. The highest BCUT2D eigenvalue weighted by Crippen LogP contribution is 2.31. The lowest BCUT2D eigenvalue weighted by Gasteiger charge is -2.14. The number of carbonyl (C=O) groups excluding carboxylic acids is 1. The topological polar surface area (TPSA) is 54.8 Å². The quantitative estimate of drug-likeness (QED) is 0.299. The number of halogens is 1. The molecule has 5 nitrogen and oxygen atoms in total. The number of benzene rings is 2. The number of anilines is 1. The highest BCUT2D eigenvalue weighted by atomic mass is 32.1. The van der Waals surface area contributed by atoms with E-state index in [-0.39, 0.29) is 11.7 Å². The van der Waals surface area contributed by atoms with Crippen LogP contribution in [0.5, 0.6) is 5.75 Å². The Kier molecular flexibility index (Phi) is 5.64. The lowest BCUT2D eigenvalue weighted by molar-refractivity contribution is 0.0988. The third kappa shape index (κ3) is 4.33. The molecule has 2 aromatic carbocycles. The fourth-order valence-corrected chi connectivity index (χ4v) is 4.15. The van der Waals surface area contributed by atoms with Gasteiger partial charge >= 0.3 is 0 Å². The molecule has 0 fully saturated rings. The number of nitrogens with zero attached hydrogens (tertiary/aromatic N) is 3. The molecule has 0 saturated heterocycles. The van der Waals surface area contributed by atoms with Crippen molar-refractivity contribution in [2.75, 3.05) is 11.6 Å². The Morgan fingerprint density at radius 1 is 1.24 bits per heavy atom. The molecule has 146 valence electrons. The summed E-state index contributed by atoms with van der Waals surface area (Å²) < 4.78 is 19.6. The van der Waals surface area contributed by atoms with Crippen LogP contribution in [0.1, 0.15) is 22.2 Å². The van der Waals surface area contributed by atoms with E-state index in [1.807, 2.05) is 24.4 Å². The van der Waals surface area contributed by atoms with E-state index in [2.05, 4.69) is 10.1 Å². The lowest BCUT2D eigenvalue weighted by atomic mass is 10.2. The van der Waals surface area contributed by atoms with Crippen LogP contribution < -0.4 is 9.75 Å². The highest BCUT2D eigenvalue weighted by Gasteiger charge is 2.21. The normalized spacial score (nSPS) is 11.2. The summed E-state index contributed by atoms with van der Waals surface area (Å²) in [6.07, 6.45) is 1.61. The number of aromatic nitrogens is 1. The SMILES string of the molecule is CCOc1ccc(C(=O)N(/N=C/c2cccs2)c2nc3ccc(F)cc3s2)cc1. The van der Waals surface area contributed by atoms with E-state index in [0.717, 1.165) is 4.88 Å². The number of ether oxygens (including phenoxy) is 1. The third-order valence-electron chi connectivity index (χ3n) is 3.97. The van der Waals surface area contributed by atoms with Crippen LogP contribution in [0.15, 0.2) is 65.1 Å². The summed E-state index contributed by atoms with van der Waals surface area (Å²) in [7, 11) is 0. The molecule has 0 N–H and O–H groups in total. The average Bonchev–Trinajstić information content (AvgIpc) is 3.38. The maximum atomic E-state index is 13.6. The molecule has 0 atom stereocenters. The van der Waals surface area contributed by atoms with E-state index in [4.69, 9.17) is 4.74 Å². The zero-order chi connectivity index (χ0) is 20.2. The predicted octanol–water partition coefficient (Wildman–Crippen LogP) is 5.58. The zero-order valence-electron chi connectivity index (χ0n) is 15.4. The first kappa shape index (κ1) is 19.2. The molecule has 2 heterocycles. The van der Waals surface area contributed by atoms with Crippen molar-refractivity contribution < 1.29 is 13.9 Å². The first-order chi connectivity index (χ1) is 14.1. The third-order valence-corrected chi connectivity index (χ3v) is 5.77. The molecule has 0 aliphatic carbocycles. The van der Waals surface area contributed by atoms with Gasteiger partial charge in [0.2, 0.25) is 5.13 Å². The minimum atomic E-state index is -0.348. The van der Waals surface area contributed by atoms with E-state index >= 15 is 0 Å². The summed E-state index contributed by atoms with van der Waals surface area (Å²) >= 11 is 2.72. The van der Waals surface area contributed by atoms with Crippen LogP contribution in [-0.4, -0.2) is 23.7 Å². The molecule has 0 spiro atoms. The molecule has 0 aliphatic rings. The molecule has 4 aromatic rings. The highest BCUT2D eigenvalue weighted by molar-refractivity contribution is 7.22. The molecule has 0 radical (unpaired) electrons. The van der Waals surface area contributed by atoms with Gasteiger partial charge in [-0.15, -0.1) is 11.3 Å². The number of hydrazone groups is 1. The van der Waals surface area contributed by atoms with Gasteiger partial charge < -0.3 is 4.74 Å². The van der Waals surface area contributed by atoms with Crippen LogP contribution in [0.4, 0.5) is 9.52 Å². The number of thiazole rings is 1. The Hall–Kier alpha value is -3.10. The van der Waals surface area contributed by atoms with Gasteiger partial charge in [0.15, 0.2) is 0 Å². The minimum Gasteiger partial charge on any atom is -0.494 e. The van der Waals surface area contributed by atoms with E-state index in [1.54, 1.807) is 36.5 Å². The number of hydrogen-bond donors (Lipinski definition) is 0. The van der Waals surface area contributed by atoms with Gasteiger partial charge in [-0.1, -0.05) is 17.4 Å². The van der Waals surface area contributed by atoms with Gasteiger partial charge in [0.1, 0.15) is 11.6 Å². The number of thiophene rings is 1. The first-order valence-electron chi connectivity index (χ1n) is 8.85. The zero-order valence-corrected chi connectivity index (χ0v) is 17.0. The van der Waals surface area contributed by atoms with E-state index < -0.39 is 0 Å². The molecular formula is C21H16FN3O2S2. The molecule has 1 amide bonds. The summed E-state index contributed by atoms with van der Waals surface area (Å²) in [5, 5.41) is 7.93. The number of amides is 1. The van der Waals surface area contributed by atoms with Gasteiger partial charge in [0.25, 0.3) is 5.91 Å². The molecule has 0 saturated carbocycles. The van der Waals surface area contributed by atoms with Gasteiger partial charge in [-0.05, 0) is 60.8 Å². The van der Waals surface area contributed by atoms with Crippen molar-refractivity contribution in [1.82, 2.24) is 4.98 Å². The second-order valence-electron chi connectivity index (χ2n) is 5.94. The molecular weight excluding hydrogens is 409 g/mol.